The number of halogens is 1. The second-order valence-corrected chi connectivity index (χ2v) is 7.24. The highest BCUT2D eigenvalue weighted by molar-refractivity contribution is 14.0. The second-order valence-electron chi connectivity index (χ2n) is 5.89. The van der Waals surface area contributed by atoms with Gasteiger partial charge < -0.3 is 15.0 Å². The van der Waals surface area contributed by atoms with Gasteiger partial charge in [-0.15, -0.1) is 24.0 Å². The molecule has 0 aliphatic carbocycles. The maximum absolute atomic E-state index is 5.08. The molecule has 0 bridgehead atoms. The minimum atomic E-state index is 0. The van der Waals surface area contributed by atoms with Gasteiger partial charge in [0.15, 0.2) is 5.96 Å². The molecule has 4 nitrogen and oxygen atoms in total. The van der Waals surface area contributed by atoms with Crippen molar-refractivity contribution in [1.29, 1.82) is 0 Å². The lowest BCUT2D eigenvalue weighted by molar-refractivity contribution is 0.192. The van der Waals surface area contributed by atoms with Crippen LogP contribution in [0.4, 0.5) is 0 Å². The fourth-order valence-corrected chi connectivity index (χ4v) is 3.72. The van der Waals surface area contributed by atoms with Crippen LogP contribution >= 0.6 is 35.7 Å². The molecule has 0 spiro atoms. The fourth-order valence-electron chi connectivity index (χ4n) is 2.42. The molecule has 1 saturated heterocycles. The number of aliphatic imine (C=N–C) groups is 1. The van der Waals surface area contributed by atoms with Gasteiger partial charge in [-0.3, -0.25) is 4.99 Å². The lowest BCUT2D eigenvalue weighted by atomic mass is 10.1. The Kier molecular flexibility index (Phi) is 13.9. The topological polar surface area (TPSA) is 36.9 Å². The summed E-state index contributed by atoms with van der Waals surface area (Å²) in [6.45, 7) is 11.7. The van der Waals surface area contributed by atoms with Crippen LogP contribution in [0.2, 0.25) is 0 Å². The van der Waals surface area contributed by atoms with E-state index in [1.54, 1.807) is 7.11 Å². The van der Waals surface area contributed by atoms with Gasteiger partial charge in [-0.05, 0) is 32.1 Å². The van der Waals surface area contributed by atoms with Crippen LogP contribution in [-0.4, -0.2) is 61.8 Å². The molecular weight excluding hydrogens is 409 g/mol. The third-order valence-corrected chi connectivity index (χ3v) is 5.28. The van der Waals surface area contributed by atoms with Crippen LogP contribution < -0.4 is 5.32 Å². The molecule has 0 aromatic rings. The molecule has 22 heavy (non-hydrogen) atoms. The van der Waals surface area contributed by atoms with Crippen molar-refractivity contribution in [3.8, 4) is 0 Å². The van der Waals surface area contributed by atoms with Crippen molar-refractivity contribution in [3.63, 3.8) is 0 Å². The summed E-state index contributed by atoms with van der Waals surface area (Å²) in [7, 11) is 1.76. The van der Waals surface area contributed by atoms with Gasteiger partial charge in [0, 0.05) is 50.9 Å². The zero-order chi connectivity index (χ0) is 15.5. The van der Waals surface area contributed by atoms with Crippen molar-refractivity contribution in [1.82, 2.24) is 10.2 Å². The number of unbranched alkanes of at least 4 members (excludes halogenated alkanes) is 2. The largest absolute Gasteiger partial charge is 0.385 e. The first-order chi connectivity index (χ1) is 10.2. The number of ether oxygens (including phenoxy) is 1. The highest BCUT2D eigenvalue weighted by Gasteiger charge is 2.24. The molecule has 1 rings (SSSR count). The zero-order valence-corrected chi connectivity index (χ0v) is 17.8. The zero-order valence-electron chi connectivity index (χ0n) is 14.6. The molecule has 0 aromatic heterocycles. The van der Waals surface area contributed by atoms with Gasteiger partial charge >= 0.3 is 0 Å². The number of nitrogens with one attached hydrogen (secondary N) is 1. The normalized spacial score (nSPS) is 19.2. The summed E-state index contributed by atoms with van der Waals surface area (Å²) in [5.74, 6) is 3.05. The van der Waals surface area contributed by atoms with Crippen molar-refractivity contribution in [2.75, 3.05) is 45.6 Å². The molecule has 1 N–H and O–H groups in total. The monoisotopic (exact) mass is 443 g/mol. The van der Waals surface area contributed by atoms with Crippen molar-refractivity contribution in [3.05, 3.63) is 0 Å². The lowest BCUT2D eigenvalue weighted by Crippen LogP contribution is -2.49. The average molecular weight is 443 g/mol. The van der Waals surface area contributed by atoms with Crippen LogP contribution in [0.1, 0.15) is 40.0 Å². The quantitative estimate of drug-likeness (QED) is 0.270. The highest BCUT2D eigenvalue weighted by Crippen LogP contribution is 2.24. The van der Waals surface area contributed by atoms with Gasteiger partial charge in [-0.2, -0.15) is 11.8 Å². The predicted molar refractivity (Wildman–Crippen MR) is 110 cm³/mol. The molecule has 6 heteroatoms. The molecule has 0 saturated carbocycles. The molecule has 132 valence electrons. The van der Waals surface area contributed by atoms with Gasteiger partial charge in [0.1, 0.15) is 0 Å². The van der Waals surface area contributed by atoms with E-state index >= 15 is 0 Å². The summed E-state index contributed by atoms with van der Waals surface area (Å²) in [5.41, 5.74) is 0. The minimum absolute atomic E-state index is 0. The summed E-state index contributed by atoms with van der Waals surface area (Å²) < 4.78 is 5.08. The van der Waals surface area contributed by atoms with Crippen molar-refractivity contribution >= 4 is 41.7 Å². The van der Waals surface area contributed by atoms with E-state index in [-0.39, 0.29) is 24.0 Å². The van der Waals surface area contributed by atoms with Crippen LogP contribution in [0.15, 0.2) is 4.99 Å². The van der Waals surface area contributed by atoms with Crippen LogP contribution in [-0.2, 0) is 4.74 Å². The molecule has 1 aliphatic rings. The van der Waals surface area contributed by atoms with Gasteiger partial charge in [-0.1, -0.05) is 13.8 Å². The molecule has 1 unspecified atom stereocenters. The van der Waals surface area contributed by atoms with Crippen LogP contribution in [0, 0.1) is 5.92 Å². The Morgan fingerprint density at radius 3 is 2.77 bits per heavy atom. The fraction of sp³-hybridized carbons (Fsp3) is 0.938. The van der Waals surface area contributed by atoms with E-state index in [4.69, 9.17) is 9.73 Å². The first-order valence-corrected chi connectivity index (χ1v) is 9.37. The second kappa shape index (κ2) is 13.7. The van der Waals surface area contributed by atoms with E-state index in [1.807, 2.05) is 0 Å². The summed E-state index contributed by atoms with van der Waals surface area (Å²) in [6, 6.07) is 0. The summed E-state index contributed by atoms with van der Waals surface area (Å²) in [6.07, 6.45) is 3.48. The Bertz CT molecular complexity index is 303. The number of hydrogen-bond donors (Lipinski definition) is 1. The summed E-state index contributed by atoms with van der Waals surface area (Å²) in [4.78, 5) is 7.25. The number of thioether (sulfide) groups is 1. The highest BCUT2D eigenvalue weighted by atomic mass is 127. The first-order valence-electron chi connectivity index (χ1n) is 8.32. The van der Waals surface area contributed by atoms with E-state index in [0.29, 0.717) is 0 Å². The summed E-state index contributed by atoms with van der Waals surface area (Å²) >= 11 is 2.11. The van der Waals surface area contributed by atoms with E-state index < -0.39 is 0 Å². The molecule has 0 radical (unpaired) electrons. The Morgan fingerprint density at radius 2 is 2.14 bits per heavy atom. The van der Waals surface area contributed by atoms with Gasteiger partial charge in [-0.25, -0.2) is 0 Å². The molecule has 1 fully saturated rings. The first kappa shape index (κ1) is 22.3. The smallest absolute Gasteiger partial charge is 0.193 e. The van der Waals surface area contributed by atoms with Crippen LogP contribution in [0.5, 0.6) is 0 Å². The molecule has 0 amide bonds. The Balaban J connectivity index is 0.00000441. The number of guanidine groups is 1. The molecule has 1 heterocycles. The van der Waals surface area contributed by atoms with Crippen LogP contribution in [0.25, 0.3) is 0 Å². The SMILES string of the molecule is CCNC(=NCCCCCOC)N1CCSC(C(C)C)C1.I. The van der Waals surface area contributed by atoms with Crippen molar-refractivity contribution in [2.45, 2.75) is 45.3 Å². The maximum Gasteiger partial charge on any atom is 0.193 e. The number of methoxy groups -OCH3 is 1. The van der Waals surface area contributed by atoms with Crippen molar-refractivity contribution < 1.29 is 4.74 Å². The van der Waals surface area contributed by atoms with E-state index in [9.17, 15) is 0 Å². The third-order valence-electron chi connectivity index (χ3n) is 3.74. The standard InChI is InChI=1S/C16H33N3OS.HI/c1-5-17-16(18-9-7-6-8-11-20-4)19-10-12-21-15(13-19)14(2)3;/h14-15H,5-13H2,1-4H3,(H,17,18);1H. The minimum Gasteiger partial charge on any atom is -0.385 e. The lowest BCUT2D eigenvalue weighted by Gasteiger charge is -2.36. The van der Waals surface area contributed by atoms with E-state index in [2.05, 4.69) is 42.7 Å². The number of nitrogens with zero attached hydrogens (tertiary/aromatic N) is 2. The van der Waals surface area contributed by atoms with Gasteiger partial charge in [0.05, 0.1) is 0 Å². The number of rotatable bonds is 8. The molecule has 0 aromatic carbocycles. The van der Waals surface area contributed by atoms with Gasteiger partial charge in [0.25, 0.3) is 0 Å². The molecular formula is C16H34IN3OS. The van der Waals surface area contributed by atoms with Crippen LogP contribution in [0.3, 0.4) is 0 Å². The maximum atomic E-state index is 5.08. The predicted octanol–water partition coefficient (Wildman–Crippen LogP) is 3.46. The molecule has 1 aliphatic heterocycles. The summed E-state index contributed by atoms with van der Waals surface area (Å²) in [5, 5.41) is 4.18. The van der Waals surface area contributed by atoms with E-state index in [0.717, 1.165) is 62.8 Å². The number of hydrogen-bond acceptors (Lipinski definition) is 3. The molecule has 1 atom stereocenters. The third kappa shape index (κ3) is 8.82. The van der Waals surface area contributed by atoms with Gasteiger partial charge in [0.2, 0.25) is 0 Å². The van der Waals surface area contributed by atoms with Crippen molar-refractivity contribution in [2.24, 2.45) is 10.9 Å². The van der Waals surface area contributed by atoms with E-state index in [1.165, 1.54) is 12.2 Å². The Labute approximate surface area is 158 Å². The average Bonchev–Trinajstić information content (AvgIpc) is 2.49. The Morgan fingerprint density at radius 1 is 1.36 bits per heavy atom. The Hall–Kier alpha value is 0.310.